The molecule has 3 rings (SSSR count). The molecule has 3 heterocycles. The Bertz CT molecular complexity index is 987. The first-order valence-corrected chi connectivity index (χ1v) is 9.68. The Morgan fingerprint density at radius 1 is 1.28 bits per heavy atom. The number of pyridine rings is 2. The van der Waals surface area contributed by atoms with E-state index in [1.165, 1.54) is 0 Å². The number of thioether (sulfide) groups is 1. The fourth-order valence-electron chi connectivity index (χ4n) is 2.56. The van der Waals surface area contributed by atoms with E-state index in [1.54, 1.807) is 24.2 Å². The summed E-state index contributed by atoms with van der Waals surface area (Å²) in [6, 6.07) is 6.31. The maximum Gasteiger partial charge on any atom is 0.160 e. The van der Waals surface area contributed by atoms with Crippen molar-refractivity contribution in [1.82, 2.24) is 19.5 Å². The van der Waals surface area contributed by atoms with Gasteiger partial charge in [0.05, 0.1) is 28.7 Å². The number of aromatic nitrogens is 4. The van der Waals surface area contributed by atoms with Crippen molar-refractivity contribution in [1.29, 1.82) is 5.26 Å². The van der Waals surface area contributed by atoms with Gasteiger partial charge in [-0.2, -0.15) is 5.26 Å². The molecule has 0 aliphatic rings. The molecule has 0 fully saturated rings. The highest BCUT2D eigenvalue weighted by Gasteiger charge is 2.23. The lowest BCUT2D eigenvalue weighted by Gasteiger charge is -2.17. The topological polar surface area (TPSA) is 67.4 Å². The molecule has 0 bridgehead atoms. The zero-order valence-electron chi connectivity index (χ0n) is 14.5. The second-order valence-electron chi connectivity index (χ2n) is 6.23. The highest BCUT2D eigenvalue weighted by atomic mass is 79.9. The van der Waals surface area contributed by atoms with E-state index < -0.39 is 5.41 Å². The SMILES string of the molecule is CCSc1cc(C(C)(C)C#N)cnc1-c1nc2cc(Br)ncc2n1C. The van der Waals surface area contributed by atoms with Gasteiger partial charge in [0.25, 0.3) is 0 Å². The van der Waals surface area contributed by atoms with E-state index in [0.717, 1.165) is 43.4 Å². The van der Waals surface area contributed by atoms with E-state index in [2.05, 4.69) is 45.0 Å². The number of nitrogens with zero attached hydrogens (tertiary/aromatic N) is 5. The average molecular weight is 416 g/mol. The monoisotopic (exact) mass is 415 g/mol. The van der Waals surface area contributed by atoms with Gasteiger partial charge in [-0.15, -0.1) is 11.8 Å². The van der Waals surface area contributed by atoms with Gasteiger partial charge in [-0.25, -0.2) is 9.97 Å². The van der Waals surface area contributed by atoms with E-state index in [1.807, 2.05) is 31.5 Å². The maximum atomic E-state index is 9.41. The van der Waals surface area contributed by atoms with Gasteiger partial charge in [0, 0.05) is 18.1 Å². The summed E-state index contributed by atoms with van der Waals surface area (Å²) < 4.78 is 2.76. The van der Waals surface area contributed by atoms with Crippen molar-refractivity contribution in [3.05, 3.63) is 34.7 Å². The average Bonchev–Trinajstić information content (AvgIpc) is 2.91. The van der Waals surface area contributed by atoms with Gasteiger partial charge in [0.2, 0.25) is 0 Å². The molecule has 0 amide bonds. The van der Waals surface area contributed by atoms with E-state index in [4.69, 9.17) is 4.98 Å². The predicted molar refractivity (Wildman–Crippen MR) is 104 cm³/mol. The van der Waals surface area contributed by atoms with Crippen LogP contribution in [-0.4, -0.2) is 25.3 Å². The van der Waals surface area contributed by atoms with Crippen LogP contribution < -0.4 is 0 Å². The van der Waals surface area contributed by atoms with Gasteiger partial charge < -0.3 is 4.57 Å². The van der Waals surface area contributed by atoms with Crippen LogP contribution in [0.15, 0.2) is 34.0 Å². The molecule has 0 spiro atoms. The molecule has 0 unspecified atom stereocenters. The zero-order chi connectivity index (χ0) is 18.2. The Labute approximate surface area is 159 Å². The van der Waals surface area contributed by atoms with Crippen LogP contribution in [0.25, 0.3) is 22.6 Å². The molecule has 25 heavy (non-hydrogen) atoms. The van der Waals surface area contributed by atoms with Gasteiger partial charge in [-0.05, 0) is 53.2 Å². The summed E-state index contributed by atoms with van der Waals surface area (Å²) in [5.41, 5.74) is 3.00. The van der Waals surface area contributed by atoms with Crippen LogP contribution in [0.5, 0.6) is 0 Å². The minimum atomic E-state index is -0.574. The first-order valence-electron chi connectivity index (χ1n) is 7.90. The van der Waals surface area contributed by atoms with E-state index in [-0.39, 0.29) is 0 Å². The third-order valence-electron chi connectivity index (χ3n) is 4.10. The third-order valence-corrected chi connectivity index (χ3v) is 5.44. The largest absolute Gasteiger partial charge is 0.325 e. The summed E-state index contributed by atoms with van der Waals surface area (Å²) in [7, 11) is 1.97. The normalized spacial score (nSPS) is 11.7. The summed E-state index contributed by atoms with van der Waals surface area (Å²) in [5, 5.41) is 9.41. The highest BCUT2D eigenvalue weighted by Crippen LogP contribution is 2.34. The molecular formula is C18H18BrN5S. The number of hydrogen-bond donors (Lipinski definition) is 0. The number of halogens is 1. The van der Waals surface area contributed by atoms with Crippen molar-refractivity contribution in [3.8, 4) is 17.6 Å². The van der Waals surface area contributed by atoms with Crippen LogP contribution in [0.2, 0.25) is 0 Å². The van der Waals surface area contributed by atoms with Crippen LogP contribution in [0, 0.1) is 11.3 Å². The number of imidazole rings is 1. The lowest BCUT2D eigenvalue weighted by Crippen LogP contribution is -2.14. The summed E-state index contributed by atoms with van der Waals surface area (Å²) in [6.45, 7) is 5.91. The molecule has 5 nitrogen and oxygen atoms in total. The quantitative estimate of drug-likeness (QED) is 0.455. The molecule has 7 heteroatoms. The highest BCUT2D eigenvalue weighted by molar-refractivity contribution is 9.10. The fourth-order valence-corrected chi connectivity index (χ4v) is 3.68. The fraction of sp³-hybridized carbons (Fsp3) is 0.333. The molecule has 0 saturated carbocycles. The van der Waals surface area contributed by atoms with Crippen molar-refractivity contribution >= 4 is 38.7 Å². The van der Waals surface area contributed by atoms with E-state index in [0.29, 0.717) is 0 Å². The Balaban J connectivity index is 2.20. The van der Waals surface area contributed by atoms with Gasteiger partial charge in [-0.3, -0.25) is 4.98 Å². The minimum Gasteiger partial charge on any atom is -0.325 e. The van der Waals surface area contributed by atoms with E-state index >= 15 is 0 Å². The second kappa shape index (κ2) is 6.77. The molecule has 128 valence electrons. The molecule has 0 aliphatic carbocycles. The zero-order valence-corrected chi connectivity index (χ0v) is 16.9. The predicted octanol–water partition coefficient (Wildman–Crippen LogP) is 4.71. The van der Waals surface area contributed by atoms with Gasteiger partial charge in [0.15, 0.2) is 5.82 Å². The Kier molecular flexibility index (Phi) is 4.85. The van der Waals surface area contributed by atoms with Gasteiger partial charge in [0.1, 0.15) is 10.3 Å². The number of rotatable bonds is 4. The summed E-state index contributed by atoms with van der Waals surface area (Å²) in [6.07, 6.45) is 3.58. The molecular weight excluding hydrogens is 398 g/mol. The molecule has 0 N–H and O–H groups in total. The van der Waals surface area contributed by atoms with Gasteiger partial charge in [-0.1, -0.05) is 6.92 Å². The standard InChI is InChI=1S/C18H18BrN5S/c1-5-25-14-6-11(18(2,3)10-20)8-22-16(14)17-23-12-7-15(19)21-9-13(12)24(17)4/h6-9H,5H2,1-4H3. The Morgan fingerprint density at radius 2 is 2.04 bits per heavy atom. The summed E-state index contributed by atoms with van der Waals surface area (Å²) in [4.78, 5) is 14.7. The first-order chi connectivity index (χ1) is 11.9. The number of hydrogen-bond acceptors (Lipinski definition) is 5. The van der Waals surface area contributed by atoms with Crippen LogP contribution >= 0.6 is 27.7 Å². The van der Waals surface area contributed by atoms with Crippen LogP contribution in [0.4, 0.5) is 0 Å². The molecule has 0 atom stereocenters. The lowest BCUT2D eigenvalue weighted by atomic mass is 9.87. The molecule has 3 aromatic heterocycles. The Morgan fingerprint density at radius 3 is 2.72 bits per heavy atom. The van der Waals surface area contributed by atoms with Crippen LogP contribution in [0.3, 0.4) is 0 Å². The Hall–Kier alpha value is -1.91. The van der Waals surface area contributed by atoms with Crippen LogP contribution in [-0.2, 0) is 12.5 Å². The minimum absolute atomic E-state index is 0.574. The summed E-state index contributed by atoms with van der Waals surface area (Å²) >= 11 is 5.10. The number of fused-ring (bicyclic) bond motifs is 1. The first kappa shape index (κ1) is 17.9. The lowest BCUT2D eigenvalue weighted by molar-refractivity contribution is 0.680. The number of aryl methyl sites for hydroxylation is 1. The molecule has 3 aromatic rings. The molecule has 0 aromatic carbocycles. The molecule has 0 saturated heterocycles. The van der Waals surface area contributed by atoms with Crippen molar-refractivity contribution in [2.75, 3.05) is 5.75 Å². The second-order valence-corrected chi connectivity index (χ2v) is 8.35. The van der Waals surface area contributed by atoms with Crippen molar-refractivity contribution in [2.45, 2.75) is 31.1 Å². The van der Waals surface area contributed by atoms with Crippen molar-refractivity contribution < 1.29 is 0 Å². The summed E-state index contributed by atoms with van der Waals surface area (Å²) in [5.74, 6) is 1.72. The van der Waals surface area contributed by atoms with Gasteiger partial charge >= 0.3 is 0 Å². The van der Waals surface area contributed by atoms with E-state index in [9.17, 15) is 5.26 Å². The molecule has 0 aliphatic heterocycles. The van der Waals surface area contributed by atoms with Crippen molar-refractivity contribution in [3.63, 3.8) is 0 Å². The smallest absolute Gasteiger partial charge is 0.160 e. The molecule has 0 radical (unpaired) electrons. The third kappa shape index (κ3) is 3.29. The maximum absolute atomic E-state index is 9.41. The van der Waals surface area contributed by atoms with Crippen molar-refractivity contribution in [2.24, 2.45) is 7.05 Å². The number of nitriles is 1. The van der Waals surface area contributed by atoms with Crippen LogP contribution in [0.1, 0.15) is 26.3 Å².